The average molecular weight is 273 g/mol. The van der Waals surface area contributed by atoms with Gasteiger partial charge in [0.15, 0.2) is 0 Å². The summed E-state index contributed by atoms with van der Waals surface area (Å²) in [6.07, 6.45) is 2.48. The van der Waals surface area contributed by atoms with E-state index in [2.05, 4.69) is 31.2 Å². The van der Waals surface area contributed by atoms with Crippen molar-refractivity contribution in [3.63, 3.8) is 0 Å². The van der Waals surface area contributed by atoms with Crippen molar-refractivity contribution in [2.45, 2.75) is 19.8 Å². The predicted molar refractivity (Wildman–Crippen MR) is 58.1 cm³/mol. The minimum atomic E-state index is 0. The van der Waals surface area contributed by atoms with Gasteiger partial charge >= 0.3 is 0 Å². The van der Waals surface area contributed by atoms with Crippen molar-refractivity contribution >= 4 is 0 Å². The fraction of sp³-hybridized carbons (Fsp3) is 0.231. The summed E-state index contributed by atoms with van der Waals surface area (Å²) in [5.41, 5.74) is 1.47. The average Bonchev–Trinajstić information content (AvgIpc) is 2.79. The molecule has 0 aliphatic rings. The molecule has 0 unspecified atom stereocenters. The van der Waals surface area contributed by atoms with Crippen LogP contribution in [0.5, 0.6) is 0 Å². The van der Waals surface area contributed by atoms with Crippen molar-refractivity contribution < 1.29 is 19.5 Å². The maximum Gasteiger partial charge on any atom is 0 e. The first kappa shape index (κ1) is 13.3. The Labute approximate surface area is 99.5 Å². The smallest absolute Gasteiger partial charge is 0 e. The van der Waals surface area contributed by atoms with Gasteiger partial charge in [-0.3, -0.25) is 0 Å². The molecule has 0 saturated heterocycles. The molecule has 0 heterocycles. The molecule has 2 aromatic rings. The third-order valence-electron chi connectivity index (χ3n) is 1.83. The maximum atomic E-state index is 2.20. The topological polar surface area (TPSA) is 0 Å². The number of aryl methyl sites for hydroxylation is 1. The summed E-state index contributed by atoms with van der Waals surface area (Å²) in [6, 6.07) is 18.5. The Bertz CT molecular complexity index is 249. The van der Waals surface area contributed by atoms with Crippen LogP contribution in [0.1, 0.15) is 18.9 Å². The molecule has 0 amide bonds. The summed E-state index contributed by atoms with van der Waals surface area (Å²) < 4.78 is 0. The molecule has 1 heteroatoms. The number of hydrogen-bond acceptors (Lipinski definition) is 0. The summed E-state index contributed by atoms with van der Waals surface area (Å²) in [5, 5.41) is 0. The van der Waals surface area contributed by atoms with Crippen molar-refractivity contribution in [3.8, 4) is 0 Å². The summed E-state index contributed by atoms with van der Waals surface area (Å²) in [7, 11) is 0. The second-order valence-corrected chi connectivity index (χ2v) is 3.01. The number of rotatable bonds is 2. The molecular formula is C13H16Ru-6. The van der Waals surface area contributed by atoms with Crippen LogP contribution in [0.4, 0.5) is 0 Å². The van der Waals surface area contributed by atoms with Crippen LogP contribution in [0, 0.1) is 0 Å². The van der Waals surface area contributed by atoms with Gasteiger partial charge in [0.25, 0.3) is 0 Å². The van der Waals surface area contributed by atoms with Crippen LogP contribution < -0.4 is 0 Å². The van der Waals surface area contributed by atoms with Gasteiger partial charge in [0.2, 0.25) is 0 Å². The van der Waals surface area contributed by atoms with Gasteiger partial charge in [-0.25, -0.2) is 12.1 Å². The van der Waals surface area contributed by atoms with E-state index in [-0.39, 0.29) is 19.5 Å². The normalized spacial score (nSPS) is 8.36. The quantitative estimate of drug-likeness (QED) is 0.577. The predicted octanol–water partition coefficient (Wildman–Crippen LogP) is 3.76. The Kier molecular flexibility index (Phi) is 8.47. The van der Waals surface area contributed by atoms with E-state index < -0.39 is 0 Å². The van der Waals surface area contributed by atoms with E-state index in [4.69, 9.17) is 0 Å². The van der Waals surface area contributed by atoms with Crippen molar-refractivity contribution in [1.82, 2.24) is 0 Å². The molecule has 0 atom stereocenters. The fourth-order valence-corrected chi connectivity index (χ4v) is 1.19. The second kappa shape index (κ2) is 8.90. The van der Waals surface area contributed by atoms with E-state index in [0.29, 0.717) is 0 Å². The molecule has 2 rings (SSSR count). The SMILES string of the molecule is CCC[c-]1cccc1.[Ru].[cH-]1[cH-][cH-][cH-][cH-]1. The van der Waals surface area contributed by atoms with Crippen LogP contribution >= 0.6 is 0 Å². The van der Waals surface area contributed by atoms with Crippen LogP contribution in [-0.2, 0) is 25.9 Å². The molecule has 0 aliphatic heterocycles. The van der Waals surface area contributed by atoms with Crippen LogP contribution in [0.2, 0.25) is 0 Å². The molecule has 82 valence electrons. The first-order valence-corrected chi connectivity index (χ1v) is 4.80. The van der Waals surface area contributed by atoms with E-state index in [1.54, 1.807) is 0 Å². The Morgan fingerprint density at radius 3 is 1.71 bits per heavy atom. The molecular weight excluding hydrogens is 257 g/mol. The molecule has 0 nitrogen and oxygen atoms in total. The zero-order chi connectivity index (χ0) is 9.36. The van der Waals surface area contributed by atoms with E-state index >= 15 is 0 Å². The van der Waals surface area contributed by atoms with Gasteiger partial charge < -0.3 is 30.3 Å². The summed E-state index contributed by atoms with van der Waals surface area (Å²) in [6.45, 7) is 2.20. The monoisotopic (exact) mass is 274 g/mol. The zero-order valence-corrected chi connectivity index (χ0v) is 10.2. The van der Waals surface area contributed by atoms with Crippen LogP contribution in [0.3, 0.4) is 0 Å². The molecule has 0 fully saturated rings. The third-order valence-corrected chi connectivity index (χ3v) is 1.83. The molecule has 0 N–H and O–H groups in total. The first-order valence-electron chi connectivity index (χ1n) is 4.80. The van der Waals surface area contributed by atoms with E-state index in [9.17, 15) is 0 Å². The molecule has 0 spiro atoms. The van der Waals surface area contributed by atoms with E-state index in [1.165, 1.54) is 18.4 Å². The third kappa shape index (κ3) is 5.88. The second-order valence-electron chi connectivity index (χ2n) is 3.01. The van der Waals surface area contributed by atoms with Gasteiger partial charge in [-0.15, -0.1) is 0 Å². The van der Waals surface area contributed by atoms with Gasteiger partial charge in [-0.1, -0.05) is 19.8 Å². The zero-order valence-electron chi connectivity index (χ0n) is 8.46. The van der Waals surface area contributed by atoms with Crippen LogP contribution in [-0.4, -0.2) is 0 Å². The van der Waals surface area contributed by atoms with Gasteiger partial charge in [-0.2, -0.15) is 17.7 Å². The summed E-state index contributed by atoms with van der Waals surface area (Å²) in [5.74, 6) is 0. The standard InChI is InChI=1S/C8H11.C5H5.Ru/c1-2-5-8-6-3-4-7-8;1-2-4-5-3-1;/h3-4,6-7H,2,5H2,1H3;1-5H;/q-1;-5;. The Hall–Kier alpha value is -0.677. The van der Waals surface area contributed by atoms with E-state index in [0.717, 1.165) is 0 Å². The number of hydrogen-bond donors (Lipinski definition) is 0. The molecule has 2 aromatic carbocycles. The largest absolute Gasteiger partial charge is 0.748 e. The Morgan fingerprint density at radius 2 is 1.36 bits per heavy atom. The van der Waals surface area contributed by atoms with Gasteiger partial charge in [0, 0.05) is 19.5 Å². The van der Waals surface area contributed by atoms with Crippen LogP contribution in [0.25, 0.3) is 0 Å². The molecule has 0 saturated carbocycles. The van der Waals surface area contributed by atoms with Gasteiger partial charge in [-0.05, 0) is 0 Å². The molecule has 0 aromatic heterocycles. The molecule has 0 aliphatic carbocycles. The fourth-order valence-electron chi connectivity index (χ4n) is 1.19. The minimum Gasteiger partial charge on any atom is -0.748 e. The van der Waals surface area contributed by atoms with Gasteiger partial charge in [0.05, 0.1) is 0 Å². The van der Waals surface area contributed by atoms with Crippen molar-refractivity contribution in [1.29, 1.82) is 0 Å². The van der Waals surface area contributed by atoms with Crippen molar-refractivity contribution in [2.24, 2.45) is 0 Å². The molecule has 0 radical (unpaired) electrons. The Morgan fingerprint density at radius 1 is 0.929 bits per heavy atom. The summed E-state index contributed by atoms with van der Waals surface area (Å²) in [4.78, 5) is 0. The van der Waals surface area contributed by atoms with Crippen molar-refractivity contribution in [2.75, 3.05) is 0 Å². The van der Waals surface area contributed by atoms with Crippen molar-refractivity contribution in [3.05, 3.63) is 60.2 Å². The van der Waals surface area contributed by atoms with Crippen LogP contribution in [0.15, 0.2) is 54.6 Å². The van der Waals surface area contributed by atoms with Gasteiger partial charge in [0.1, 0.15) is 0 Å². The molecule has 0 bridgehead atoms. The maximum absolute atomic E-state index is 2.20. The minimum absolute atomic E-state index is 0. The Balaban J connectivity index is 0.000000246. The first-order chi connectivity index (χ1) is 6.43. The summed E-state index contributed by atoms with van der Waals surface area (Å²) >= 11 is 0. The van der Waals surface area contributed by atoms with E-state index in [1.807, 2.05) is 30.3 Å². The molecule has 14 heavy (non-hydrogen) atoms.